The van der Waals surface area contributed by atoms with Crippen LogP contribution in [0.3, 0.4) is 0 Å². The Morgan fingerprint density at radius 2 is 1.56 bits per heavy atom. The van der Waals surface area contributed by atoms with Gasteiger partial charge in [-0.15, -0.1) is 0 Å². The van der Waals surface area contributed by atoms with Gasteiger partial charge in [0.2, 0.25) is 5.91 Å². The van der Waals surface area contributed by atoms with Gasteiger partial charge in [0.1, 0.15) is 0 Å². The molecule has 0 spiro atoms. The lowest BCUT2D eigenvalue weighted by atomic mass is 9.67. The maximum atomic E-state index is 11.3. The van der Waals surface area contributed by atoms with Crippen molar-refractivity contribution >= 4 is 21.4 Å². The molecule has 18 heavy (non-hydrogen) atoms. The van der Waals surface area contributed by atoms with Crippen molar-refractivity contribution in [3.8, 4) is 0 Å². The molecule has 1 N–H and O–H groups in total. The lowest BCUT2D eigenvalue weighted by Gasteiger charge is -2.43. The fourth-order valence-corrected chi connectivity index (χ4v) is 1.69. The second kappa shape index (κ2) is 8.63. The number of amides is 1. The van der Waals surface area contributed by atoms with Crippen molar-refractivity contribution in [2.24, 2.45) is 10.8 Å². The van der Waals surface area contributed by atoms with Gasteiger partial charge in [-0.2, -0.15) is 0 Å². The first kappa shape index (κ1) is 19.9. The molecule has 0 aliphatic carbocycles. The van der Waals surface area contributed by atoms with Crippen molar-refractivity contribution in [1.82, 2.24) is 10.2 Å². The van der Waals surface area contributed by atoms with Crippen LogP contribution in [0.5, 0.6) is 0 Å². The molecule has 5 heteroatoms. The van der Waals surface area contributed by atoms with Gasteiger partial charge >= 0.3 is 0 Å². The molecule has 4 radical (unpaired) electrons. The molecule has 0 saturated heterocycles. The Kier molecular flexibility index (Phi) is 9.53. The molecule has 0 aliphatic heterocycles. The summed E-state index contributed by atoms with van der Waals surface area (Å²) in [5, 5.41) is 2.99. The smallest absolute Gasteiger partial charge is 0.219 e. The maximum absolute atomic E-state index is 11.3. The van der Waals surface area contributed by atoms with Crippen LogP contribution in [0, 0.1) is 10.8 Å². The zero-order valence-corrected chi connectivity index (χ0v) is 13.1. The zero-order valence-electron chi connectivity index (χ0n) is 13.1. The highest BCUT2D eigenvalue weighted by Gasteiger charge is 2.37. The summed E-state index contributed by atoms with van der Waals surface area (Å²) in [5.74, 6) is 0.133. The Morgan fingerprint density at radius 1 is 1.11 bits per heavy atom. The third kappa shape index (κ3) is 7.10. The van der Waals surface area contributed by atoms with E-state index in [2.05, 4.69) is 67.5 Å². The molecule has 0 atom stereocenters. The summed E-state index contributed by atoms with van der Waals surface area (Å²) in [4.78, 5) is 13.5. The molecule has 0 rings (SSSR count). The lowest BCUT2D eigenvalue weighted by Crippen LogP contribution is -2.47. The van der Waals surface area contributed by atoms with Gasteiger partial charge in [0, 0.05) is 35.0 Å². The van der Waals surface area contributed by atoms with Crippen LogP contribution in [0.25, 0.3) is 0 Å². The van der Waals surface area contributed by atoms with Crippen LogP contribution < -0.4 is 5.32 Å². The molecule has 0 heterocycles. The largest absolute Gasteiger partial charge is 0.356 e. The number of rotatable bonds is 6. The Labute approximate surface area is 116 Å². The second-order valence-electron chi connectivity index (χ2n) is 6.14. The van der Waals surface area contributed by atoms with E-state index in [1.54, 1.807) is 0 Å². The summed E-state index contributed by atoms with van der Waals surface area (Å²) in [7, 11) is 12.2. The number of carbonyl (C=O) groups excluding carboxylic acids is 1. The van der Waals surface area contributed by atoms with E-state index in [1.165, 1.54) is 0 Å². The molecule has 0 aromatic carbocycles. The standard InChI is InChI=1S/C13H28N2O.B2/c1-8-11(16)14-9-12(2,3)13(4,5)10-15(6)7;1-2/h8-10H2,1-7H3,(H,14,16);. The average Bonchev–Trinajstić information content (AvgIpc) is 2.26. The van der Waals surface area contributed by atoms with Crippen molar-refractivity contribution in [2.75, 3.05) is 27.2 Å². The minimum atomic E-state index is 0.0854. The van der Waals surface area contributed by atoms with E-state index in [1.807, 2.05) is 6.92 Å². The molecule has 3 nitrogen and oxygen atoms in total. The third-order valence-electron chi connectivity index (χ3n) is 3.59. The summed E-state index contributed by atoms with van der Waals surface area (Å²) in [6.45, 7) is 12.6. The molecular weight excluding hydrogens is 222 g/mol. The second-order valence-corrected chi connectivity index (χ2v) is 6.14. The zero-order chi connectivity index (χ0) is 15.0. The van der Waals surface area contributed by atoms with Gasteiger partial charge in [-0.3, -0.25) is 4.79 Å². The molecule has 102 valence electrons. The van der Waals surface area contributed by atoms with E-state index >= 15 is 0 Å². The SMILES string of the molecule is CCC(=O)NCC(C)(C)C(C)(C)CN(C)C.[B][B]. The summed E-state index contributed by atoms with van der Waals surface area (Å²) >= 11 is 0. The van der Waals surface area contributed by atoms with Gasteiger partial charge in [0.25, 0.3) is 0 Å². The molecule has 0 fully saturated rings. The van der Waals surface area contributed by atoms with Crippen molar-refractivity contribution in [2.45, 2.75) is 41.0 Å². The highest BCUT2D eigenvalue weighted by Crippen LogP contribution is 2.38. The van der Waals surface area contributed by atoms with Crippen LogP contribution in [0.1, 0.15) is 41.0 Å². The van der Waals surface area contributed by atoms with Crippen LogP contribution in [0.15, 0.2) is 0 Å². The fraction of sp³-hybridized carbons (Fsp3) is 0.923. The van der Waals surface area contributed by atoms with Crippen LogP contribution in [0.2, 0.25) is 0 Å². The van der Waals surface area contributed by atoms with Crippen LogP contribution in [-0.2, 0) is 4.79 Å². The quantitative estimate of drug-likeness (QED) is 0.722. The highest BCUT2D eigenvalue weighted by molar-refractivity contribution is 6.75. The normalized spacial score (nSPS) is 11.8. The maximum Gasteiger partial charge on any atom is 0.219 e. The first-order chi connectivity index (χ1) is 8.12. The topological polar surface area (TPSA) is 32.3 Å². The molecule has 0 aromatic rings. The van der Waals surface area contributed by atoms with E-state index in [-0.39, 0.29) is 16.7 Å². The highest BCUT2D eigenvalue weighted by atomic mass is 16.1. The van der Waals surface area contributed by atoms with Crippen LogP contribution in [-0.4, -0.2) is 53.5 Å². The molecule has 0 saturated carbocycles. The Hall–Kier alpha value is -0.440. The molecule has 0 bridgehead atoms. The van der Waals surface area contributed by atoms with Gasteiger partial charge < -0.3 is 10.2 Å². The van der Waals surface area contributed by atoms with Crippen molar-refractivity contribution in [1.29, 1.82) is 0 Å². The van der Waals surface area contributed by atoms with Crippen molar-refractivity contribution < 1.29 is 4.79 Å². The molecule has 1 amide bonds. The van der Waals surface area contributed by atoms with E-state index in [9.17, 15) is 4.79 Å². The number of carbonyl (C=O) groups is 1. The fourth-order valence-electron chi connectivity index (χ4n) is 1.69. The van der Waals surface area contributed by atoms with Crippen molar-refractivity contribution in [3.05, 3.63) is 0 Å². The minimum absolute atomic E-state index is 0.0854. The molecule has 0 aromatic heterocycles. The average molecular weight is 250 g/mol. The summed E-state index contributed by atoms with van der Waals surface area (Å²) < 4.78 is 0. The van der Waals surface area contributed by atoms with Crippen molar-refractivity contribution in [3.63, 3.8) is 0 Å². The van der Waals surface area contributed by atoms with Gasteiger partial charge in [0.05, 0.1) is 0 Å². The van der Waals surface area contributed by atoms with E-state index in [4.69, 9.17) is 0 Å². The lowest BCUT2D eigenvalue weighted by molar-refractivity contribution is -0.121. The van der Waals surface area contributed by atoms with Gasteiger partial charge in [-0.1, -0.05) is 34.6 Å². The van der Waals surface area contributed by atoms with E-state index < -0.39 is 0 Å². The first-order valence-electron chi connectivity index (χ1n) is 6.37. The Morgan fingerprint density at radius 3 is 1.89 bits per heavy atom. The predicted molar refractivity (Wildman–Crippen MR) is 80.9 cm³/mol. The Balaban J connectivity index is 0. The monoisotopic (exact) mass is 250 g/mol. The van der Waals surface area contributed by atoms with Crippen LogP contribution in [0.4, 0.5) is 0 Å². The van der Waals surface area contributed by atoms with E-state index in [0.29, 0.717) is 6.42 Å². The molecule has 0 aliphatic rings. The Bertz CT molecular complexity index is 241. The summed E-state index contributed by atoms with van der Waals surface area (Å²) in [5.41, 5.74) is 0.250. The van der Waals surface area contributed by atoms with Gasteiger partial charge in [-0.05, 0) is 24.9 Å². The molecule has 0 unspecified atom stereocenters. The summed E-state index contributed by atoms with van der Waals surface area (Å²) in [6.07, 6.45) is 0.560. The minimum Gasteiger partial charge on any atom is -0.356 e. The predicted octanol–water partition coefficient (Wildman–Crippen LogP) is 1.36. The van der Waals surface area contributed by atoms with Gasteiger partial charge in [-0.25, -0.2) is 0 Å². The number of hydrogen-bond acceptors (Lipinski definition) is 2. The summed E-state index contributed by atoms with van der Waals surface area (Å²) in [6, 6.07) is 0. The first-order valence-corrected chi connectivity index (χ1v) is 6.37. The van der Waals surface area contributed by atoms with E-state index in [0.717, 1.165) is 13.1 Å². The number of nitrogens with one attached hydrogen (secondary N) is 1. The van der Waals surface area contributed by atoms with Gasteiger partial charge in [0.15, 0.2) is 0 Å². The third-order valence-corrected chi connectivity index (χ3v) is 3.59. The van der Waals surface area contributed by atoms with Crippen LogP contribution >= 0.6 is 0 Å². The number of nitrogens with zero attached hydrogens (tertiary/aromatic N) is 1. The number of hydrogen-bond donors (Lipinski definition) is 1. The molecular formula is C13H28B2N2O.